The molecule has 0 fully saturated rings. The summed E-state index contributed by atoms with van der Waals surface area (Å²) in [5, 5.41) is 0. The fraction of sp³-hybridized carbons (Fsp3) is 0.0769. The Bertz CT molecular complexity index is 572. The molecule has 0 atom stereocenters. The van der Waals surface area contributed by atoms with Crippen molar-refractivity contribution in [1.29, 1.82) is 0 Å². The monoisotopic (exact) mass is 306 g/mol. The summed E-state index contributed by atoms with van der Waals surface area (Å²) in [7, 11) is 0. The summed E-state index contributed by atoms with van der Waals surface area (Å²) in [6.45, 7) is 0.177. The second-order valence-electron chi connectivity index (χ2n) is 3.61. The standard InChI is InChI=1S/C13H11BrN2O2/c14-10-5-2-1-4-9(10)8-18-13(17)12-11(15)6-3-7-16-12/h1-7H,8,15H2. The number of anilines is 1. The SMILES string of the molecule is Nc1cccnc1C(=O)OCc1ccccc1Br. The van der Waals surface area contributed by atoms with Gasteiger partial charge < -0.3 is 10.5 Å². The predicted molar refractivity (Wildman–Crippen MR) is 71.9 cm³/mol. The molecule has 2 rings (SSSR count). The summed E-state index contributed by atoms with van der Waals surface area (Å²) in [5.74, 6) is -0.524. The third-order valence-electron chi connectivity index (χ3n) is 2.35. The Balaban J connectivity index is 2.06. The van der Waals surface area contributed by atoms with E-state index >= 15 is 0 Å². The molecule has 92 valence electrons. The quantitative estimate of drug-likeness (QED) is 0.886. The van der Waals surface area contributed by atoms with Crippen LogP contribution in [0.15, 0.2) is 47.1 Å². The minimum absolute atomic E-state index is 0.143. The molecule has 1 aromatic carbocycles. The van der Waals surface area contributed by atoms with E-state index in [9.17, 15) is 4.79 Å². The van der Waals surface area contributed by atoms with Crippen LogP contribution in [0, 0.1) is 0 Å². The number of halogens is 1. The van der Waals surface area contributed by atoms with Crippen LogP contribution in [0.4, 0.5) is 5.69 Å². The van der Waals surface area contributed by atoms with E-state index in [4.69, 9.17) is 10.5 Å². The zero-order chi connectivity index (χ0) is 13.0. The molecule has 1 aromatic heterocycles. The van der Waals surface area contributed by atoms with E-state index in [0.29, 0.717) is 5.69 Å². The Kier molecular flexibility index (Phi) is 3.94. The molecule has 0 radical (unpaired) electrons. The van der Waals surface area contributed by atoms with Crippen molar-refractivity contribution in [2.45, 2.75) is 6.61 Å². The molecule has 2 N–H and O–H groups in total. The smallest absolute Gasteiger partial charge is 0.359 e. The van der Waals surface area contributed by atoms with Gasteiger partial charge in [-0.3, -0.25) is 0 Å². The van der Waals surface area contributed by atoms with Crippen LogP contribution >= 0.6 is 15.9 Å². The highest BCUT2D eigenvalue weighted by molar-refractivity contribution is 9.10. The predicted octanol–water partition coefficient (Wildman–Crippen LogP) is 2.78. The molecule has 0 unspecified atom stereocenters. The van der Waals surface area contributed by atoms with Gasteiger partial charge >= 0.3 is 5.97 Å². The summed E-state index contributed by atoms with van der Waals surface area (Å²) >= 11 is 3.39. The molecule has 0 aliphatic carbocycles. The van der Waals surface area contributed by atoms with Crippen LogP contribution in [0.3, 0.4) is 0 Å². The molecule has 1 heterocycles. The van der Waals surface area contributed by atoms with Crippen molar-refractivity contribution in [2.75, 3.05) is 5.73 Å². The lowest BCUT2D eigenvalue weighted by Gasteiger charge is -2.07. The Hall–Kier alpha value is -1.88. The van der Waals surface area contributed by atoms with Gasteiger partial charge in [0.15, 0.2) is 5.69 Å². The number of esters is 1. The van der Waals surface area contributed by atoms with Crippen LogP contribution in [0.5, 0.6) is 0 Å². The highest BCUT2D eigenvalue weighted by atomic mass is 79.9. The van der Waals surface area contributed by atoms with Crippen molar-refractivity contribution in [1.82, 2.24) is 4.98 Å². The third-order valence-corrected chi connectivity index (χ3v) is 3.12. The van der Waals surface area contributed by atoms with Gasteiger partial charge in [0.2, 0.25) is 0 Å². The second kappa shape index (κ2) is 5.64. The zero-order valence-corrected chi connectivity index (χ0v) is 11.1. The summed E-state index contributed by atoms with van der Waals surface area (Å²) in [5.41, 5.74) is 6.99. The lowest BCUT2D eigenvalue weighted by molar-refractivity contribution is 0.0466. The van der Waals surface area contributed by atoms with E-state index in [-0.39, 0.29) is 12.3 Å². The molecule has 0 aliphatic rings. The number of nitrogen functional groups attached to an aromatic ring is 1. The first-order valence-electron chi connectivity index (χ1n) is 5.29. The van der Waals surface area contributed by atoms with Crippen LogP contribution in [0.25, 0.3) is 0 Å². The number of aromatic nitrogens is 1. The number of nitrogens with two attached hydrogens (primary N) is 1. The van der Waals surface area contributed by atoms with Crippen LogP contribution in [-0.2, 0) is 11.3 Å². The van der Waals surface area contributed by atoms with Gasteiger partial charge in [-0.15, -0.1) is 0 Å². The van der Waals surface area contributed by atoms with Crippen LogP contribution in [0.1, 0.15) is 16.1 Å². The zero-order valence-electron chi connectivity index (χ0n) is 9.47. The first kappa shape index (κ1) is 12.6. The summed E-state index contributed by atoms with van der Waals surface area (Å²) in [6, 6.07) is 10.8. The van der Waals surface area contributed by atoms with Crippen molar-refractivity contribution in [3.63, 3.8) is 0 Å². The molecule has 0 amide bonds. The Morgan fingerprint density at radius 2 is 2.06 bits per heavy atom. The fourth-order valence-electron chi connectivity index (χ4n) is 1.42. The third kappa shape index (κ3) is 2.87. The summed E-state index contributed by atoms with van der Waals surface area (Å²) in [6.07, 6.45) is 1.51. The van der Waals surface area contributed by atoms with E-state index in [1.807, 2.05) is 24.3 Å². The van der Waals surface area contributed by atoms with E-state index in [1.54, 1.807) is 12.1 Å². The number of nitrogens with zero attached hydrogens (tertiary/aromatic N) is 1. The van der Waals surface area contributed by atoms with Gasteiger partial charge in [-0.1, -0.05) is 34.1 Å². The topological polar surface area (TPSA) is 65.2 Å². The molecule has 0 spiro atoms. The molecule has 0 bridgehead atoms. The van der Waals surface area contributed by atoms with Gasteiger partial charge in [0, 0.05) is 16.2 Å². The summed E-state index contributed by atoms with van der Waals surface area (Å²) in [4.78, 5) is 15.7. The van der Waals surface area contributed by atoms with Gasteiger partial charge in [0.1, 0.15) is 6.61 Å². The number of carbonyl (C=O) groups is 1. The average Bonchev–Trinajstić information content (AvgIpc) is 2.38. The van der Waals surface area contributed by atoms with E-state index in [2.05, 4.69) is 20.9 Å². The first-order valence-corrected chi connectivity index (χ1v) is 6.09. The van der Waals surface area contributed by atoms with Crippen molar-refractivity contribution in [3.05, 3.63) is 58.3 Å². The minimum atomic E-state index is -0.524. The average molecular weight is 307 g/mol. The Morgan fingerprint density at radius 1 is 1.28 bits per heavy atom. The van der Waals surface area contributed by atoms with Gasteiger partial charge in [-0.25, -0.2) is 9.78 Å². The van der Waals surface area contributed by atoms with E-state index in [0.717, 1.165) is 10.0 Å². The maximum Gasteiger partial charge on any atom is 0.359 e. The molecular weight excluding hydrogens is 296 g/mol. The van der Waals surface area contributed by atoms with Crippen molar-refractivity contribution in [3.8, 4) is 0 Å². The van der Waals surface area contributed by atoms with Crippen molar-refractivity contribution < 1.29 is 9.53 Å². The first-order chi connectivity index (χ1) is 8.68. The molecule has 0 aliphatic heterocycles. The Morgan fingerprint density at radius 3 is 2.78 bits per heavy atom. The maximum absolute atomic E-state index is 11.8. The van der Waals surface area contributed by atoms with Crippen LogP contribution < -0.4 is 5.73 Å². The molecule has 0 saturated heterocycles. The second-order valence-corrected chi connectivity index (χ2v) is 4.46. The van der Waals surface area contributed by atoms with E-state index < -0.39 is 5.97 Å². The van der Waals surface area contributed by atoms with Gasteiger partial charge in [0.25, 0.3) is 0 Å². The van der Waals surface area contributed by atoms with Crippen molar-refractivity contribution >= 4 is 27.6 Å². The largest absolute Gasteiger partial charge is 0.456 e. The van der Waals surface area contributed by atoms with Gasteiger partial charge in [0.05, 0.1) is 5.69 Å². The normalized spacial score (nSPS) is 10.1. The fourth-order valence-corrected chi connectivity index (χ4v) is 1.81. The number of ether oxygens (including phenoxy) is 1. The van der Waals surface area contributed by atoms with Crippen molar-refractivity contribution in [2.24, 2.45) is 0 Å². The van der Waals surface area contributed by atoms with E-state index in [1.165, 1.54) is 6.20 Å². The molecule has 2 aromatic rings. The maximum atomic E-state index is 11.8. The molecule has 0 saturated carbocycles. The highest BCUT2D eigenvalue weighted by Crippen LogP contribution is 2.17. The lowest BCUT2D eigenvalue weighted by atomic mass is 10.2. The lowest BCUT2D eigenvalue weighted by Crippen LogP contribution is -2.10. The molecule has 4 nitrogen and oxygen atoms in total. The number of benzene rings is 1. The van der Waals surface area contributed by atoms with Gasteiger partial charge in [-0.05, 0) is 18.2 Å². The highest BCUT2D eigenvalue weighted by Gasteiger charge is 2.12. The molecule has 5 heteroatoms. The molecular formula is C13H11BrN2O2. The minimum Gasteiger partial charge on any atom is -0.456 e. The number of pyridine rings is 1. The Labute approximate surface area is 113 Å². The van der Waals surface area contributed by atoms with Gasteiger partial charge in [-0.2, -0.15) is 0 Å². The van der Waals surface area contributed by atoms with Crippen LogP contribution in [0.2, 0.25) is 0 Å². The number of hydrogen-bond donors (Lipinski definition) is 1. The number of hydrogen-bond acceptors (Lipinski definition) is 4. The summed E-state index contributed by atoms with van der Waals surface area (Å²) < 4.78 is 6.06. The number of rotatable bonds is 3. The number of carbonyl (C=O) groups excluding carboxylic acids is 1. The van der Waals surface area contributed by atoms with Crippen LogP contribution in [-0.4, -0.2) is 11.0 Å². The molecule has 18 heavy (non-hydrogen) atoms.